The number of nitrogens with two attached hydrogens (primary N) is 1. The summed E-state index contributed by atoms with van der Waals surface area (Å²) in [5.41, 5.74) is 1.81. The third kappa shape index (κ3) is 2.73. The molecule has 0 fully saturated rings. The van der Waals surface area contributed by atoms with Gasteiger partial charge in [0.05, 0.1) is 5.69 Å². The van der Waals surface area contributed by atoms with Crippen molar-refractivity contribution in [1.82, 2.24) is 24.3 Å². The second-order valence-electron chi connectivity index (χ2n) is 5.91. The standard InChI is InChI=1S/C14H18N6S/c1-14(2,3)12-17-18-13(20(12)15)21-9-10-8-19-7-5-4-6-11(19)16-10/h4-8H,9,15H2,1-3H3. The maximum absolute atomic E-state index is 6.07. The molecule has 7 heteroatoms. The van der Waals surface area contributed by atoms with E-state index in [1.54, 1.807) is 16.4 Å². The average Bonchev–Trinajstić information content (AvgIpc) is 2.98. The van der Waals surface area contributed by atoms with Crippen molar-refractivity contribution in [3.63, 3.8) is 0 Å². The van der Waals surface area contributed by atoms with Crippen LogP contribution in [0, 0.1) is 0 Å². The zero-order chi connectivity index (χ0) is 15.0. The number of hydrogen-bond donors (Lipinski definition) is 1. The SMILES string of the molecule is CC(C)(C)c1nnc(SCc2cn3ccccc3n2)n1N. The monoisotopic (exact) mass is 302 g/mol. The molecule has 0 aliphatic rings. The molecule has 2 N–H and O–H groups in total. The fraction of sp³-hybridized carbons (Fsp3) is 0.357. The molecular formula is C14H18N6S. The van der Waals surface area contributed by atoms with Gasteiger partial charge in [0.15, 0.2) is 5.82 Å². The molecule has 0 radical (unpaired) electrons. The lowest BCUT2D eigenvalue weighted by atomic mass is 9.96. The number of thioether (sulfide) groups is 1. The topological polar surface area (TPSA) is 74.0 Å². The van der Waals surface area contributed by atoms with Crippen LogP contribution in [0.5, 0.6) is 0 Å². The molecule has 0 atom stereocenters. The molecule has 110 valence electrons. The number of rotatable bonds is 3. The number of nitrogen functional groups attached to an aromatic ring is 1. The summed E-state index contributed by atoms with van der Waals surface area (Å²) in [6.45, 7) is 6.20. The smallest absolute Gasteiger partial charge is 0.210 e. The van der Waals surface area contributed by atoms with E-state index >= 15 is 0 Å². The number of aromatic nitrogens is 5. The molecular weight excluding hydrogens is 284 g/mol. The van der Waals surface area contributed by atoms with Crippen LogP contribution in [0.4, 0.5) is 0 Å². The lowest BCUT2D eigenvalue weighted by Gasteiger charge is -2.16. The van der Waals surface area contributed by atoms with Crippen molar-refractivity contribution in [2.24, 2.45) is 0 Å². The second kappa shape index (κ2) is 5.07. The summed E-state index contributed by atoms with van der Waals surface area (Å²) in [5.74, 6) is 7.56. The zero-order valence-corrected chi connectivity index (χ0v) is 13.1. The first kappa shape index (κ1) is 13.9. The Morgan fingerprint density at radius 1 is 1.24 bits per heavy atom. The molecule has 0 aliphatic carbocycles. The van der Waals surface area contributed by atoms with Crippen molar-refractivity contribution in [3.05, 3.63) is 42.1 Å². The molecule has 0 saturated carbocycles. The predicted octanol–water partition coefficient (Wildman–Crippen LogP) is 2.23. The second-order valence-corrected chi connectivity index (χ2v) is 6.86. The molecule has 0 unspecified atom stereocenters. The Morgan fingerprint density at radius 3 is 2.71 bits per heavy atom. The lowest BCUT2D eigenvalue weighted by Crippen LogP contribution is -2.24. The van der Waals surface area contributed by atoms with Gasteiger partial charge < -0.3 is 10.2 Å². The summed E-state index contributed by atoms with van der Waals surface area (Å²) >= 11 is 1.54. The highest BCUT2D eigenvalue weighted by molar-refractivity contribution is 7.98. The maximum atomic E-state index is 6.07. The minimum Gasteiger partial charge on any atom is -0.336 e. The van der Waals surface area contributed by atoms with Gasteiger partial charge in [0.1, 0.15) is 5.65 Å². The molecule has 0 bridgehead atoms. The molecule has 21 heavy (non-hydrogen) atoms. The number of pyridine rings is 1. The first-order valence-corrected chi connectivity index (χ1v) is 7.70. The normalized spacial score (nSPS) is 12.1. The van der Waals surface area contributed by atoms with Crippen molar-refractivity contribution < 1.29 is 0 Å². The molecule has 6 nitrogen and oxygen atoms in total. The number of fused-ring (bicyclic) bond motifs is 1. The fourth-order valence-corrected chi connectivity index (χ4v) is 2.82. The molecule has 3 heterocycles. The molecule has 0 aliphatic heterocycles. The van der Waals surface area contributed by atoms with E-state index in [0.717, 1.165) is 17.2 Å². The number of nitrogens with zero attached hydrogens (tertiary/aromatic N) is 5. The Morgan fingerprint density at radius 2 is 2.05 bits per heavy atom. The van der Waals surface area contributed by atoms with Crippen LogP contribution in [0.3, 0.4) is 0 Å². The van der Waals surface area contributed by atoms with Gasteiger partial charge in [0.25, 0.3) is 0 Å². The van der Waals surface area contributed by atoms with Gasteiger partial charge in [-0.25, -0.2) is 9.66 Å². The van der Waals surface area contributed by atoms with Crippen LogP contribution in [-0.4, -0.2) is 24.3 Å². The molecule has 0 amide bonds. The average molecular weight is 302 g/mol. The Bertz CT molecular complexity index is 734. The zero-order valence-electron chi connectivity index (χ0n) is 12.3. The lowest BCUT2D eigenvalue weighted by molar-refractivity contribution is 0.523. The van der Waals surface area contributed by atoms with Gasteiger partial charge >= 0.3 is 0 Å². The van der Waals surface area contributed by atoms with Crippen LogP contribution in [0.2, 0.25) is 0 Å². The van der Waals surface area contributed by atoms with E-state index in [1.807, 2.05) is 35.0 Å². The summed E-state index contributed by atoms with van der Waals surface area (Å²) in [6, 6.07) is 5.94. The molecule has 3 aromatic heterocycles. The number of imidazole rings is 1. The Kier molecular flexibility index (Phi) is 3.36. The summed E-state index contributed by atoms with van der Waals surface area (Å²) in [6.07, 6.45) is 4.00. The first-order valence-electron chi connectivity index (χ1n) is 6.71. The highest BCUT2D eigenvalue weighted by Crippen LogP contribution is 2.25. The molecule has 0 spiro atoms. The largest absolute Gasteiger partial charge is 0.336 e. The van der Waals surface area contributed by atoms with Crippen LogP contribution in [0.1, 0.15) is 32.3 Å². The first-order chi connectivity index (χ1) is 9.95. The van der Waals surface area contributed by atoms with Crippen LogP contribution in [0.25, 0.3) is 5.65 Å². The van der Waals surface area contributed by atoms with Gasteiger partial charge in [0.2, 0.25) is 5.16 Å². The van der Waals surface area contributed by atoms with Gasteiger partial charge in [0, 0.05) is 23.6 Å². The van der Waals surface area contributed by atoms with Gasteiger partial charge in [-0.15, -0.1) is 10.2 Å². The molecule has 3 rings (SSSR count). The molecule has 3 aromatic rings. The van der Waals surface area contributed by atoms with Gasteiger partial charge in [-0.3, -0.25) is 0 Å². The Hall–Kier alpha value is -2.02. The Labute approximate surface area is 127 Å². The summed E-state index contributed by atoms with van der Waals surface area (Å²) in [4.78, 5) is 4.56. The Balaban J connectivity index is 1.77. The third-order valence-corrected chi connectivity index (χ3v) is 4.08. The van der Waals surface area contributed by atoms with E-state index < -0.39 is 0 Å². The van der Waals surface area contributed by atoms with E-state index in [2.05, 4.69) is 36.0 Å². The third-order valence-electron chi connectivity index (χ3n) is 3.10. The van der Waals surface area contributed by atoms with Crippen molar-refractivity contribution in [2.75, 3.05) is 5.84 Å². The minimum atomic E-state index is -0.121. The van der Waals surface area contributed by atoms with Crippen LogP contribution < -0.4 is 5.84 Å². The van der Waals surface area contributed by atoms with Gasteiger partial charge in [-0.05, 0) is 12.1 Å². The quantitative estimate of drug-likeness (QED) is 0.593. The molecule has 0 saturated heterocycles. The van der Waals surface area contributed by atoms with Crippen LogP contribution in [-0.2, 0) is 11.2 Å². The van der Waals surface area contributed by atoms with Crippen molar-refractivity contribution in [1.29, 1.82) is 0 Å². The summed E-state index contributed by atoms with van der Waals surface area (Å²) in [5, 5.41) is 9.06. The van der Waals surface area contributed by atoms with E-state index in [9.17, 15) is 0 Å². The van der Waals surface area contributed by atoms with Crippen molar-refractivity contribution in [3.8, 4) is 0 Å². The van der Waals surface area contributed by atoms with E-state index in [0.29, 0.717) is 10.9 Å². The molecule has 0 aromatic carbocycles. The van der Waals surface area contributed by atoms with Gasteiger partial charge in [-0.2, -0.15) is 0 Å². The van der Waals surface area contributed by atoms with E-state index in [4.69, 9.17) is 5.84 Å². The van der Waals surface area contributed by atoms with Gasteiger partial charge in [-0.1, -0.05) is 38.6 Å². The van der Waals surface area contributed by atoms with Crippen LogP contribution >= 0.6 is 11.8 Å². The minimum absolute atomic E-state index is 0.121. The van der Waals surface area contributed by atoms with Crippen molar-refractivity contribution in [2.45, 2.75) is 37.1 Å². The number of hydrogen-bond acceptors (Lipinski definition) is 5. The van der Waals surface area contributed by atoms with E-state index in [-0.39, 0.29) is 5.41 Å². The van der Waals surface area contributed by atoms with Crippen molar-refractivity contribution >= 4 is 17.4 Å². The maximum Gasteiger partial charge on any atom is 0.210 e. The fourth-order valence-electron chi connectivity index (χ4n) is 2.08. The highest BCUT2D eigenvalue weighted by atomic mass is 32.2. The highest BCUT2D eigenvalue weighted by Gasteiger charge is 2.23. The van der Waals surface area contributed by atoms with Crippen LogP contribution in [0.15, 0.2) is 35.7 Å². The van der Waals surface area contributed by atoms with E-state index in [1.165, 1.54) is 0 Å². The summed E-state index contributed by atoms with van der Waals surface area (Å²) in [7, 11) is 0. The summed E-state index contributed by atoms with van der Waals surface area (Å²) < 4.78 is 3.57. The predicted molar refractivity (Wildman–Crippen MR) is 83.6 cm³/mol.